The van der Waals surface area contributed by atoms with Crippen LogP contribution in [0.1, 0.15) is 20.8 Å². The molecule has 1 aliphatic heterocycles. The molecule has 1 amide bonds. The smallest absolute Gasteiger partial charge is 0.235 e. The third-order valence-corrected chi connectivity index (χ3v) is 4.08. The first-order valence-electron chi connectivity index (χ1n) is 4.64. The summed E-state index contributed by atoms with van der Waals surface area (Å²) in [6.07, 6.45) is 0. The predicted octanol–water partition coefficient (Wildman–Crippen LogP) is 1.66. The summed E-state index contributed by atoms with van der Waals surface area (Å²) in [5.74, 6) is 1.22. The van der Waals surface area contributed by atoms with Gasteiger partial charge in [0.15, 0.2) is 0 Å². The SMILES string of the molecule is CC(S)C(=O)N1CCSC(C)C1C. The average Bonchev–Trinajstić information content (AvgIpc) is 2.08. The highest BCUT2D eigenvalue weighted by atomic mass is 32.2. The quantitative estimate of drug-likeness (QED) is 0.677. The Morgan fingerprint density at radius 1 is 1.62 bits per heavy atom. The van der Waals surface area contributed by atoms with Gasteiger partial charge in [-0.2, -0.15) is 24.4 Å². The molecule has 3 atom stereocenters. The van der Waals surface area contributed by atoms with Gasteiger partial charge in [0.25, 0.3) is 0 Å². The van der Waals surface area contributed by atoms with Crippen LogP contribution in [0.15, 0.2) is 0 Å². The number of hydrogen-bond donors (Lipinski definition) is 1. The zero-order chi connectivity index (χ0) is 10.0. The van der Waals surface area contributed by atoms with Crippen LogP contribution in [0.25, 0.3) is 0 Å². The van der Waals surface area contributed by atoms with Gasteiger partial charge in [-0.25, -0.2) is 0 Å². The molecule has 0 N–H and O–H groups in total. The molecule has 2 nitrogen and oxygen atoms in total. The molecule has 3 unspecified atom stereocenters. The van der Waals surface area contributed by atoms with Crippen molar-refractivity contribution in [1.82, 2.24) is 4.90 Å². The van der Waals surface area contributed by atoms with Crippen LogP contribution in [-0.2, 0) is 4.79 Å². The maximum Gasteiger partial charge on any atom is 0.235 e. The van der Waals surface area contributed by atoms with Crippen LogP contribution < -0.4 is 0 Å². The molecule has 1 saturated heterocycles. The van der Waals surface area contributed by atoms with Crippen molar-refractivity contribution in [1.29, 1.82) is 0 Å². The van der Waals surface area contributed by atoms with E-state index in [-0.39, 0.29) is 11.2 Å². The van der Waals surface area contributed by atoms with E-state index in [2.05, 4.69) is 26.5 Å². The molecule has 1 fully saturated rings. The molecule has 0 aromatic rings. The van der Waals surface area contributed by atoms with Crippen molar-refractivity contribution in [2.45, 2.75) is 37.3 Å². The van der Waals surface area contributed by atoms with E-state index in [1.54, 1.807) is 0 Å². The van der Waals surface area contributed by atoms with Gasteiger partial charge in [0.05, 0.1) is 5.25 Å². The minimum absolute atomic E-state index is 0.169. The fourth-order valence-electron chi connectivity index (χ4n) is 1.48. The topological polar surface area (TPSA) is 20.3 Å². The molecule has 1 heterocycles. The average molecular weight is 219 g/mol. The van der Waals surface area contributed by atoms with Gasteiger partial charge in [-0.3, -0.25) is 4.79 Å². The van der Waals surface area contributed by atoms with E-state index < -0.39 is 0 Å². The van der Waals surface area contributed by atoms with Crippen LogP contribution in [0.2, 0.25) is 0 Å². The van der Waals surface area contributed by atoms with Crippen molar-refractivity contribution < 1.29 is 4.79 Å². The lowest BCUT2D eigenvalue weighted by Crippen LogP contribution is -2.50. The lowest BCUT2D eigenvalue weighted by molar-refractivity contribution is -0.132. The van der Waals surface area contributed by atoms with Crippen LogP contribution in [0.4, 0.5) is 0 Å². The molecule has 4 heteroatoms. The highest BCUT2D eigenvalue weighted by Gasteiger charge is 2.29. The third-order valence-electron chi connectivity index (χ3n) is 2.52. The van der Waals surface area contributed by atoms with Gasteiger partial charge in [0.1, 0.15) is 0 Å². The maximum absolute atomic E-state index is 11.7. The second-order valence-electron chi connectivity index (χ2n) is 3.52. The highest BCUT2D eigenvalue weighted by molar-refractivity contribution is 8.00. The van der Waals surface area contributed by atoms with E-state index in [4.69, 9.17) is 0 Å². The van der Waals surface area contributed by atoms with Crippen LogP contribution in [0.3, 0.4) is 0 Å². The van der Waals surface area contributed by atoms with E-state index in [1.807, 2.05) is 23.6 Å². The van der Waals surface area contributed by atoms with E-state index in [1.165, 1.54) is 0 Å². The second-order valence-corrected chi connectivity index (χ2v) is 5.78. The monoisotopic (exact) mass is 219 g/mol. The molecule has 0 aromatic carbocycles. The fourth-order valence-corrected chi connectivity index (χ4v) is 2.73. The van der Waals surface area contributed by atoms with E-state index in [0.29, 0.717) is 11.3 Å². The van der Waals surface area contributed by atoms with Crippen LogP contribution >= 0.6 is 24.4 Å². The standard InChI is InChI=1S/C9H17NOS2/c1-6-8(3)13-5-4-10(6)9(11)7(2)12/h6-8,12H,4-5H2,1-3H3. The Kier molecular flexibility index (Phi) is 3.98. The molecular formula is C9H17NOS2. The molecule has 1 rings (SSSR count). The summed E-state index contributed by atoms with van der Waals surface area (Å²) in [6, 6.07) is 0.348. The Labute approximate surface area is 89.9 Å². The number of hydrogen-bond acceptors (Lipinski definition) is 3. The summed E-state index contributed by atoms with van der Waals surface area (Å²) in [5.41, 5.74) is 0. The fraction of sp³-hybridized carbons (Fsp3) is 0.889. The molecular weight excluding hydrogens is 202 g/mol. The van der Waals surface area contributed by atoms with Crippen LogP contribution in [-0.4, -0.2) is 39.6 Å². The molecule has 0 radical (unpaired) electrons. The summed E-state index contributed by atoms with van der Waals surface area (Å²) in [4.78, 5) is 13.7. The van der Waals surface area contributed by atoms with Crippen LogP contribution in [0.5, 0.6) is 0 Å². The van der Waals surface area contributed by atoms with Gasteiger partial charge in [-0.05, 0) is 13.8 Å². The molecule has 0 bridgehead atoms. The van der Waals surface area contributed by atoms with Gasteiger partial charge < -0.3 is 4.90 Å². The summed E-state index contributed by atoms with van der Waals surface area (Å²) in [7, 11) is 0. The zero-order valence-corrected chi connectivity index (χ0v) is 10.1. The Bertz CT molecular complexity index is 196. The van der Waals surface area contributed by atoms with Crippen molar-refractivity contribution in [2.24, 2.45) is 0 Å². The summed E-state index contributed by atoms with van der Waals surface area (Å²) in [5, 5.41) is 0.377. The Morgan fingerprint density at radius 3 is 2.77 bits per heavy atom. The zero-order valence-electron chi connectivity index (χ0n) is 8.36. The first-order valence-corrected chi connectivity index (χ1v) is 6.20. The number of thioether (sulfide) groups is 1. The van der Waals surface area contributed by atoms with Gasteiger partial charge in [-0.1, -0.05) is 6.92 Å². The molecule has 0 aliphatic carbocycles. The molecule has 0 spiro atoms. The number of nitrogens with zero attached hydrogens (tertiary/aromatic N) is 1. The van der Waals surface area contributed by atoms with Gasteiger partial charge in [-0.15, -0.1) is 0 Å². The first kappa shape index (κ1) is 11.2. The highest BCUT2D eigenvalue weighted by Crippen LogP contribution is 2.25. The van der Waals surface area contributed by atoms with Crippen LogP contribution in [0, 0.1) is 0 Å². The number of rotatable bonds is 1. The lowest BCUT2D eigenvalue weighted by atomic mass is 10.2. The van der Waals surface area contributed by atoms with E-state index in [0.717, 1.165) is 12.3 Å². The summed E-state index contributed by atoms with van der Waals surface area (Å²) >= 11 is 6.12. The van der Waals surface area contributed by atoms with Crippen molar-refractivity contribution in [3.05, 3.63) is 0 Å². The summed E-state index contributed by atoms with van der Waals surface area (Å²) < 4.78 is 0. The normalized spacial score (nSPS) is 31.5. The van der Waals surface area contributed by atoms with Gasteiger partial charge in [0.2, 0.25) is 5.91 Å². The lowest BCUT2D eigenvalue weighted by Gasteiger charge is -2.38. The third kappa shape index (κ3) is 2.56. The van der Waals surface area contributed by atoms with E-state index >= 15 is 0 Å². The number of carbonyl (C=O) groups excluding carboxylic acids is 1. The Morgan fingerprint density at radius 2 is 2.23 bits per heavy atom. The van der Waals surface area contributed by atoms with Gasteiger partial charge in [0, 0.05) is 23.6 Å². The number of amides is 1. The number of carbonyl (C=O) groups is 1. The van der Waals surface area contributed by atoms with Crippen molar-refractivity contribution >= 4 is 30.3 Å². The minimum atomic E-state index is -0.169. The largest absolute Gasteiger partial charge is 0.337 e. The molecule has 13 heavy (non-hydrogen) atoms. The Balaban J connectivity index is 2.62. The molecule has 76 valence electrons. The van der Waals surface area contributed by atoms with Gasteiger partial charge >= 0.3 is 0 Å². The Hall–Kier alpha value is 0.170. The number of thiol groups is 1. The van der Waals surface area contributed by atoms with E-state index in [9.17, 15) is 4.79 Å². The molecule has 1 aliphatic rings. The van der Waals surface area contributed by atoms with Crippen molar-refractivity contribution in [2.75, 3.05) is 12.3 Å². The first-order chi connectivity index (χ1) is 6.04. The summed E-state index contributed by atoms with van der Waals surface area (Å²) in [6.45, 7) is 7.01. The predicted molar refractivity (Wildman–Crippen MR) is 61.5 cm³/mol. The van der Waals surface area contributed by atoms with Crippen molar-refractivity contribution in [3.8, 4) is 0 Å². The van der Waals surface area contributed by atoms with Crippen molar-refractivity contribution in [3.63, 3.8) is 0 Å². The molecule has 0 saturated carbocycles. The maximum atomic E-state index is 11.7. The molecule has 0 aromatic heterocycles. The minimum Gasteiger partial charge on any atom is -0.337 e. The second kappa shape index (κ2) is 4.60.